The second-order valence-electron chi connectivity index (χ2n) is 9.08. The molecule has 0 saturated carbocycles. The Morgan fingerprint density at radius 3 is 1.74 bits per heavy atom. The Morgan fingerprint density at radius 1 is 0.789 bits per heavy atom. The summed E-state index contributed by atoms with van der Waals surface area (Å²) in [7, 11) is 3.25. The zero-order valence-corrected chi connectivity index (χ0v) is 22.7. The first-order valence-electron chi connectivity index (χ1n) is 13.4. The normalized spacial score (nSPS) is 19.5. The van der Waals surface area contributed by atoms with Crippen LogP contribution in [0, 0.1) is 0 Å². The largest absolute Gasteiger partial charge is 0.493 e. The summed E-state index contributed by atoms with van der Waals surface area (Å²) in [5.41, 5.74) is 0. The molecule has 10 nitrogen and oxygen atoms in total. The number of hydrogen-bond donors (Lipinski definition) is 4. The van der Waals surface area contributed by atoms with Crippen molar-refractivity contribution in [1.29, 1.82) is 0 Å². The summed E-state index contributed by atoms with van der Waals surface area (Å²) in [5, 5.41) is 19.7. The van der Waals surface area contributed by atoms with Crippen LogP contribution >= 0.6 is 0 Å². The van der Waals surface area contributed by atoms with E-state index < -0.39 is 6.10 Å². The van der Waals surface area contributed by atoms with Crippen LogP contribution in [0.4, 0.5) is 0 Å². The molecule has 0 aromatic heterocycles. The van der Waals surface area contributed by atoms with Gasteiger partial charge in [-0.3, -0.25) is 4.90 Å². The van der Waals surface area contributed by atoms with E-state index >= 15 is 0 Å². The fraction of sp³-hybridized carbons (Fsp3) is 0.571. The van der Waals surface area contributed by atoms with Gasteiger partial charge in [0.05, 0.1) is 20.8 Å². The van der Waals surface area contributed by atoms with Gasteiger partial charge in [-0.1, -0.05) is 24.3 Å². The lowest BCUT2D eigenvalue weighted by Gasteiger charge is -2.29. The highest BCUT2D eigenvalue weighted by Crippen LogP contribution is 2.27. The number of aliphatic hydroxyl groups is 1. The topological polar surface area (TPSA) is 109 Å². The summed E-state index contributed by atoms with van der Waals surface area (Å²) in [6, 6.07) is 15.1. The van der Waals surface area contributed by atoms with Crippen molar-refractivity contribution < 1.29 is 28.8 Å². The molecule has 2 unspecified atom stereocenters. The van der Waals surface area contributed by atoms with Gasteiger partial charge in [0, 0.05) is 58.9 Å². The maximum atomic E-state index is 10.00. The van der Waals surface area contributed by atoms with Crippen molar-refractivity contribution in [2.24, 2.45) is 0 Å². The smallest absolute Gasteiger partial charge is 0.161 e. The van der Waals surface area contributed by atoms with E-state index in [-0.39, 0.29) is 12.7 Å². The van der Waals surface area contributed by atoms with E-state index in [4.69, 9.17) is 23.7 Å². The first kappa shape index (κ1) is 29.9. The molecule has 212 valence electrons. The molecule has 0 aliphatic carbocycles. The lowest BCUT2D eigenvalue weighted by Crippen LogP contribution is -2.47. The van der Waals surface area contributed by atoms with Gasteiger partial charge in [0.25, 0.3) is 0 Å². The maximum absolute atomic E-state index is 10.00. The van der Waals surface area contributed by atoms with Crippen LogP contribution in [-0.2, 0) is 4.74 Å². The number of ether oxygens (including phenoxy) is 5. The number of aliphatic hydroxyl groups excluding tert-OH is 1. The van der Waals surface area contributed by atoms with Crippen LogP contribution in [0.1, 0.15) is 0 Å². The van der Waals surface area contributed by atoms with Crippen molar-refractivity contribution in [2.45, 2.75) is 12.2 Å². The highest BCUT2D eigenvalue weighted by molar-refractivity contribution is 5.40. The fourth-order valence-corrected chi connectivity index (χ4v) is 3.86. The van der Waals surface area contributed by atoms with Gasteiger partial charge in [-0.2, -0.15) is 0 Å². The van der Waals surface area contributed by atoms with Gasteiger partial charge in [-0.15, -0.1) is 0 Å². The van der Waals surface area contributed by atoms with Crippen LogP contribution in [0.5, 0.6) is 23.0 Å². The van der Waals surface area contributed by atoms with Gasteiger partial charge in [-0.25, -0.2) is 0 Å². The monoisotopic (exact) mass is 532 g/mol. The van der Waals surface area contributed by atoms with Crippen molar-refractivity contribution in [3.8, 4) is 23.0 Å². The standard InChI is InChI=1S/C14H22N2O3.C10H12O3.C4H10N2/c1-18-13-4-2-3-5-14(13)19-11-12(17)10-16-8-6-15-7-9-16;1-11-9-4-2-3-5-10(9)13-7-8-6-12-8;1-2-6-4-3-5-1/h2-5,12,15,17H,6-11H2,1H3;2-5,8H,6-7H2,1H3;5-6H,1-4H2. The summed E-state index contributed by atoms with van der Waals surface area (Å²) in [6.07, 6.45) is -0.201. The minimum absolute atomic E-state index is 0.282. The molecular weight excluding hydrogens is 488 g/mol. The number of rotatable bonds is 10. The predicted molar refractivity (Wildman–Crippen MR) is 148 cm³/mol. The van der Waals surface area contributed by atoms with Crippen LogP contribution < -0.4 is 34.9 Å². The van der Waals surface area contributed by atoms with E-state index in [2.05, 4.69) is 20.9 Å². The minimum Gasteiger partial charge on any atom is -0.493 e. The molecule has 2 atom stereocenters. The number of hydrogen-bond acceptors (Lipinski definition) is 10. The Hall–Kier alpha value is -2.60. The molecule has 3 aliphatic heterocycles. The summed E-state index contributed by atoms with van der Waals surface area (Å²) in [6.45, 7) is 10.8. The summed E-state index contributed by atoms with van der Waals surface area (Å²) < 4.78 is 26.5. The number of methoxy groups -OCH3 is 2. The number of nitrogens with one attached hydrogen (secondary N) is 3. The zero-order valence-electron chi connectivity index (χ0n) is 22.7. The van der Waals surface area contributed by atoms with E-state index in [1.165, 1.54) is 0 Å². The number of benzene rings is 2. The van der Waals surface area contributed by atoms with Crippen LogP contribution in [0.3, 0.4) is 0 Å². The minimum atomic E-state index is -0.483. The molecule has 38 heavy (non-hydrogen) atoms. The molecule has 0 radical (unpaired) electrons. The summed E-state index contributed by atoms with van der Waals surface area (Å²) >= 11 is 0. The van der Waals surface area contributed by atoms with Crippen LogP contribution in [0.25, 0.3) is 0 Å². The Morgan fingerprint density at radius 2 is 1.26 bits per heavy atom. The Balaban J connectivity index is 0.000000180. The molecule has 3 aliphatic rings. The lowest BCUT2D eigenvalue weighted by atomic mass is 10.3. The van der Waals surface area contributed by atoms with E-state index in [0.717, 1.165) is 70.5 Å². The number of para-hydroxylation sites is 4. The van der Waals surface area contributed by atoms with Gasteiger partial charge < -0.3 is 44.7 Å². The molecule has 0 amide bonds. The zero-order chi connectivity index (χ0) is 26.8. The third-order valence-electron chi connectivity index (χ3n) is 6.03. The van der Waals surface area contributed by atoms with Crippen molar-refractivity contribution in [3.05, 3.63) is 48.5 Å². The van der Waals surface area contributed by atoms with Gasteiger partial charge in [0.1, 0.15) is 25.4 Å². The Bertz CT molecular complexity index is 880. The van der Waals surface area contributed by atoms with Crippen LogP contribution in [0.15, 0.2) is 48.5 Å². The Labute approximate surface area is 226 Å². The quantitative estimate of drug-likeness (QED) is 0.331. The van der Waals surface area contributed by atoms with Gasteiger partial charge in [0.2, 0.25) is 0 Å². The fourth-order valence-electron chi connectivity index (χ4n) is 3.86. The summed E-state index contributed by atoms with van der Waals surface area (Å²) in [4.78, 5) is 2.24. The highest BCUT2D eigenvalue weighted by Gasteiger charge is 2.23. The molecule has 4 N–H and O–H groups in total. The number of epoxide rings is 1. The van der Waals surface area contributed by atoms with Crippen LogP contribution in [-0.4, -0.2) is 115 Å². The molecule has 0 spiro atoms. The van der Waals surface area contributed by atoms with Crippen molar-refractivity contribution in [1.82, 2.24) is 20.9 Å². The molecule has 5 rings (SSSR count). The van der Waals surface area contributed by atoms with E-state index in [9.17, 15) is 5.11 Å². The van der Waals surface area contributed by atoms with E-state index in [1.807, 2.05) is 48.5 Å². The average Bonchev–Trinajstić information content (AvgIpc) is 3.82. The highest BCUT2D eigenvalue weighted by atomic mass is 16.6. The SMILES string of the molecule is C1CNCCN1.COc1ccccc1OCC(O)CN1CCNCC1.COc1ccccc1OCC1CO1. The molecule has 2 aromatic carbocycles. The van der Waals surface area contributed by atoms with Gasteiger partial charge in [0.15, 0.2) is 23.0 Å². The molecule has 2 aromatic rings. The van der Waals surface area contributed by atoms with Crippen molar-refractivity contribution >= 4 is 0 Å². The third-order valence-corrected chi connectivity index (χ3v) is 6.03. The Kier molecular flexibility index (Phi) is 14.0. The molecule has 10 heteroatoms. The summed E-state index contributed by atoms with van der Waals surface area (Å²) in [5.74, 6) is 2.91. The van der Waals surface area contributed by atoms with E-state index in [1.54, 1.807) is 14.2 Å². The number of β-amino-alcohol motifs (C(OH)–C–C–N with tert-alkyl or cyclic N) is 1. The molecular formula is C28H44N4O6. The van der Waals surface area contributed by atoms with Gasteiger partial charge in [-0.05, 0) is 24.3 Å². The molecule has 3 saturated heterocycles. The van der Waals surface area contributed by atoms with Gasteiger partial charge >= 0.3 is 0 Å². The predicted octanol–water partition coefficient (Wildman–Crippen LogP) is 0.992. The molecule has 3 fully saturated rings. The van der Waals surface area contributed by atoms with Crippen LogP contribution in [0.2, 0.25) is 0 Å². The lowest BCUT2D eigenvalue weighted by molar-refractivity contribution is 0.0632. The van der Waals surface area contributed by atoms with Crippen molar-refractivity contribution in [3.63, 3.8) is 0 Å². The first-order valence-corrected chi connectivity index (χ1v) is 13.4. The third kappa shape index (κ3) is 11.8. The van der Waals surface area contributed by atoms with Crippen molar-refractivity contribution in [2.75, 3.05) is 92.9 Å². The average molecular weight is 533 g/mol. The maximum Gasteiger partial charge on any atom is 0.161 e. The second kappa shape index (κ2) is 17.8. The molecule has 0 bridgehead atoms. The van der Waals surface area contributed by atoms with E-state index in [0.29, 0.717) is 24.7 Å². The number of nitrogens with zero attached hydrogens (tertiary/aromatic N) is 1. The molecule has 3 heterocycles. The number of piperazine rings is 2. The first-order chi connectivity index (χ1) is 18.7. The second-order valence-corrected chi connectivity index (χ2v) is 9.08.